The van der Waals surface area contributed by atoms with Crippen molar-refractivity contribution in [3.8, 4) is 5.75 Å². The number of allylic oxidation sites excluding steroid dienone is 1. The molecule has 0 saturated heterocycles. The maximum atomic E-state index is 11.1. The van der Waals surface area contributed by atoms with E-state index in [-0.39, 0.29) is 5.78 Å². The topological polar surface area (TPSA) is 29.5 Å². The van der Waals surface area contributed by atoms with Gasteiger partial charge in [-0.3, -0.25) is 4.79 Å². The minimum atomic E-state index is 0.0640. The van der Waals surface area contributed by atoms with Crippen LogP contribution in [0.5, 0.6) is 5.75 Å². The largest absolute Gasteiger partial charge is 0.497 e. The van der Waals surface area contributed by atoms with Crippen molar-refractivity contribution < 1.29 is 9.53 Å². The van der Waals surface area contributed by atoms with Crippen molar-refractivity contribution in [2.45, 2.75) is 11.8 Å². The zero-order chi connectivity index (χ0) is 11.7. The molecule has 1 aliphatic rings. The Morgan fingerprint density at radius 1 is 1.50 bits per heavy atom. The number of anilines is 1. The van der Waals surface area contributed by atoms with E-state index in [4.69, 9.17) is 4.74 Å². The van der Waals surface area contributed by atoms with Crippen LogP contribution >= 0.6 is 11.8 Å². The molecular weight excluding hydrogens is 222 g/mol. The molecule has 3 nitrogen and oxygen atoms in total. The maximum absolute atomic E-state index is 11.1. The number of carbonyl (C=O) groups is 1. The summed E-state index contributed by atoms with van der Waals surface area (Å²) >= 11 is 1.60. The van der Waals surface area contributed by atoms with Gasteiger partial charge >= 0.3 is 0 Å². The van der Waals surface area contributed by atoms with Crippen LogP contribution in [-0.4, -0.2) is 19.9 Å². The molecule has 0 spiro atoms. The fourth-order valence-electron chi connectivity index (χ4n) is 1.57. The van der Waals surface area contributed by atoms with Gasteiger partial charge in [0.25, 0.3) is 0 Å². The number of ketones is 1. The van der Waals surface area contributed by atoms with E-state index in [2.05, 4.69) is 0 Å². The molecular formula is C12H13NO2S. The summed E-state index contributed by atoms with van der Waals surface area (Å²) in [5, 5.41) is 0.954. The summed E-state index contributed by atoms with van der Waals surface area (Å²) < 4.78 is 5.18. The van der Waals surface area contributed by atoms with Gasteiger partial charge in [-0.15, -0.1) is 0 Å². The van der Waals surface area contributed by atoms with Crippen LogP contribution in [0.1, 0.15) is 6.92 Å². The van der Waals surface area contributed by atoms with Crippen LogP contribution in [0.4, 0.5) is 5.69 Å². The fraction of sp³-hybridized carbons (Fsp3) is 0.250. The first-order valence-corrected chi connectivity index (χ1v) is 5.75. The summed E-state index contributed by atoms with van der Waals surface area (Å²) in [5.41, 5.74) is 1.08. The number of hydrogen-bond donors (Lipinski definition) is 0. The lowest BCUT2D eigenvalue weighted by molar-refractivity contribution is -0.112. The summed E-state index contributed by atoms with van der Waals surface area (Å²) in [6.07, 6.45) is 1.65. The van der Waals surface area contributed by atoms with Gasteiger partial charge in [-0.25, -0.2) is 0 Å². The number of carbonyl (C=O) groups excluding carboxylic acids is 1. The number of thioether (sulfide) groups is 1. The number of fused-ring (bicyclic) bond motifs is 1. The lowest BCUT2D eigenvalue weighted by Crippen LogP contribution is -2.10. The molecule has 0 aliphatic carbocycles. The van der Waals surface area contributed by atoms with Gasteiger partial charge in [0.15, 0.2) is 5.78 Å². The molecule has 0 radical (unpaired) electrons. The van der Waals surface area contributed by atoms with Crippen molar-refractivity contribution in [1.82, 2.24) is 0 Å². The average Bonchev–Trinajstić information content (AvgIpc) is 2.55. The zero-order valence-electron chi connectivity index (χ0n) is 9.48. The van der Waals surface area contributed by atoms with E-state index in [9.17, 15) is 4.79 Å². The lowest BCUT2D eigenvalue weighted by Gasteiger charge is -2.13. The molecule has 0 unspecified atom stereocenters. The fourth-order valence-corrected chi connectivity index (χ4v) is 2.69. The third-order valence-corrected chi connectivity index (χ3v) is 3.57. The van der Waals surface area contributed by atoms with Crippen molar-refractivity contribution in [1.29, 1.82) is 0 Å². The second-order valence-corrected chi connectivity index (χ2v) is 4.65. The second-order valence-electron chi connectivity index (χ2n) is 3.59. The van der Waals surface area contributed by atoms with Crippen LogP contribution in [0.15, 0.2) is 34.2 Å². The summed E-state index contributed by atoms with van der Waals surface area (Å²) in [4.78, 5) is 14.2. The Morgan fingerprint density at radius 3 is 2.88 bits per heavy atom. The lowest BCUT2D eigenvalue weighted by atomic mass is 10.3. The average molecular weight is 235 g/mol. The number of rotatable bonds is 2. The van der Waals surface area contributed by atoms with E-state index in [0.717, 1.165) is 21.4 Å². The van der Waals surface area contributed by atoms with Crippen LogP contribution in [-0.2, 0) is 4.79 Å². The standard InChI is InChI=1S/C12H13NO2S/c1-8(14)6-12-13(2)10-7-9(15-3)4-5-11(10)16-12/h4-7H,1-3H3. The first-order chi connectivity index (χ1) is 7.61. The number of methoxy groups -OCH3 is 1. The number of hydrogen-bond acceptors (Lipinski definition) is 4. The van der Waals surface area contributed by atoms with Crippen LogP contribution < -0.4 is 9.64 Å². The molecule has 1 aromatic carbocycles. The zero-order valence-corrected chi connectivity index (χ0v) is 10.3. The molecule has 16 heavy (non-hydrogen) atoms. The molecule has 2 rings (SSSR count). The van der Waals surface area contributed by atoms with Crippen molar-refractivity contribution in [2.24, 2.45) is 0 Å². The molecule has 0 saturated carbocycles. The molecule has 0 bridgehead atoms. The molecule has 0 amide bonds. The van der Waals surface area contributed by atoms with Crippen molar-refractivity contribution in [2.75, 3.05) is 19.1 Å². The van der Waals surface area contributed by atoms with E-state index in [0.29, 0.717) is 0 Å². The smallest absolute Gasteiger partial charge is 0.155 e. The monoisotopic (exact) mass is 235 g/mol. The van der Waals surface area contributed by atoms with Gasteiger partial charge in [0.05, 0.1) is 17.8 Å². The molecule has 4 heteroatoms. The Hall–Kier alpha value is -1.42. The Balaban J connectivity index is 2.38. The summed E-state index contributed by atoms with van der Waals surface area (Å²) in [6, 6.07) is 5.91. The van der Waals surface area contributed by atoms with Gasteiger partial charge in [-0.2, -0.15) is 0 Å². The molecule has 0 atom stereocenters. The predicted octanol–water partition coefficient (Wildman–Crippen LogP) is 2.67. The number of benzene rings is 1. The first kappa shape index (κ1) is 11.1. The highest BCUT2D eigenvalue weighted by atomic mass is 32.2. The SMILES string of the molecule is COc1ccc2c(c1)N(C)C(=CC(C)=O)S2. The Morgan fingerprint density at radius 2 is 2.25 bits per heavy atom. The number of nitrogens with zero attached hydrogens (tertiary/aromatic N) is 1. The van der Waals surface area contributed by atoms with Crippen molar-refractivity contribution in [3.05, 3.63) is 29.3 Å². The highest BCUT2D eigenvalue weighted by molar-refractivity contribution is 8.03. The van der Waals surface area contributed by atoms with Crippen LogP contribution in [0.2, 0.25) is 0 Å². The minimum Gasteiger partial charge on any atom is -0.497 e. The third-order valence-electron chi connectivity index (χ3n) is 2.40. The van der Waals surface area contributed by atoms with Crippen LogP contribution in [0.3, 0.4) is 0 Å². The van der Waals surface area contributed by atoms with Gasteiger partial charge in [0.1, 0.15) is 5.75 Å². The normalized spacial score (nSPS) is 16.4. The second kappa shape index (κ2) is 4.22. The van der Waals surface area contributed by atoms with E-state index in [1.54, 1.807) is 31.9 Å². The summed E-state index contributed by atoms with van der Waals surface area (Å²) in [6.45, 7) is 1.56. The quantitative estimate of drug-likeness (QED) is 0.737. The molecule has 1 heterocycles. The van der Waals surface area contributed by atoms with Crippen LogP contribution in [0, 0.1) is 0 Å². The van der Waals surface area contributed by atoms with Crippen molar-refractivity contribution in [3.63, 3.8) is 0 Å². The minimum absolute atomic E-state index is 0.0640. The molecule has 0 fully saturated rings. The van der Waals surface area contributed by atoms with Gasteiger partial charge < -0.3 is 9.64 Å². The molecule has 0 N–H and O–H groups in total. The summed E-state index contributed by atoms with van der Waals surface area (Å²) in [5.74, 6) is 0.893. The van der Waals surface area contributed by atoms with Crippen LogP contribution in [0.25, 0.3) is 0 Å². The maximum Gasteiger partial charge on any atom is 0.155 e. The third kappa shape index (κ3) is 1.93. The van der Waals surface area contributed by atoms with E-state index in [1.807, 2.05) is 30.1 Å². The van der Waals surface area contributed by atoms with Gasteiger partial charge in [0.2, 0.25) is 0 Å². The van der Waals surface area contributed by atoms with Gasteiger partial charge in [-0.1, -0.05) is 11.8 Å². The first-order valence-electron chi connectivity index (χ1n) is 4.93. The van der Waals surface area contributed by atoms with Gasteiger partial charge in [-0.05, 0) is 19.1 Å². The predicted molar refractivity (Wildman–Crippen MR) is 66.0 cm³/mol. The highest BCUT2D eigenvalue weighted by Crippen LogP contribution is 2.46. The highest BCUT2D eigenvalue weighted by Gasteiger charge is 2.22. The molecule has 1 aliphatic heterocycles. The molecule has 1 aromatic rings. The van der Waals surface area contributed by atoms with E-state index < -0.39 is 0 Å². The Kier molecular flexibility index (Phi) is 2.92. The van der Waals surface area contributed by atoms with Gasteiger partial charge in [0, 0.05) is 24.1 Å². The molecule has 84 valence electrons. The van der Waals surface area contributed by atoms with E-state index in [1.165, 1.54) is 0 Å². The summed E-state index contributed by atoms with van der Waals surface area (Å²) in [7, 11) is 3.60. The number of ether oxygens (including phenoxy) is 1. The van der Waals surface area contributed by atoms with E-state index >= 15 is 0 Å². The molecule has 0 aromatic heterocycles. The van der Waals surface area contributed by atoms with Crippen molar-refractivity contribution >= 4 is 23.2 Å². The Bertz CT molecular complexity index is 468. The Labute approximate surface area is 99.1 Å².